The van der Waals surface area contributed by atoms with Gasteiger partial charge >= 0.3 is 0 Å². The summed E-state index contributed by atoms with van der Waals surface area (Å²) in [5.41, 5.74) is 5.21. The van der Waals surface area contributed by atoms with E-state index in [9.17, 15) is 21.4 Å². The fourth-order valence-electron chi connectivity index (χ4n) is 4.46. The van der Waals surface area contributed by atoms with E-state index in [4.69, 9.17) is 9.02 Å². The minimum atomic E-state index is -4.08. The lowest BCUT2D eigenvalue weighted by molar-refractivity contribution is -0.647. The van der Waals surface area contributed by atoms with Gasteiger partial charge in [0.15, 0.2) is 11.0 Å². The number of rotatable bonds is 13. The molecule has 0 unspecified atom stereocenters. The summed E-state index contributed by atoms with van der Waals surface area (Å²) in [4.78, 5) is 3.07. The molecule has 3 aromatic rings. The van der Waals surface area contributed by atoms with Crippen LogP contribution < -0.4 is 19.7 Å². The molecule has 0 saturated heterocycles. The van der Waals surface area contributed by atoms with Crippen LogP contribution >= 0.6 is 11.8 Å². The van der Waals surface area contributed by atoms with Crippen molar-refractivity contribution in [3.05, 3.63) is 53.3 Å². The summed E-state index contributed by atoms with van der Waals surface area (Å²) in [7, 11) is -4.26. The van der Waals surface area contributed by atoms with E-state index >= 15 is 0 Å². The summed E-state index contributed by atoms with van der Waals surface area (Å²) in [5, 5.41) is 0.887. The molecule has 11 nitrogen and oxygen atoms in total. The predicted octanol–water partition coefficient (Wildman–Crippen LogP) is 2.92. The van der Waals surface area contributed by atoms with E-state index in [1.54, 1.807) is 25.8 Å². The van der Waals surface area contributed by atoms with E-state index in [1.807, 2.05) is 64.7 Å². The number of nitrogens with zero attached hydrogens (tertiary/aromatic N) is 3. The minimum absolute atomic E-state index is 0.155. The third kappa shape index (κ3) is 7.13. The number of fused-ring (bicyclic) bond motifs is 2. The van der Waals surface area contributed by atoms with E-state index in [0.717, 1.165) is 32.5 Å². The molecule has 39 heavy (non-hydrogen) atoms. The molecule has 0 spiro atoms. The Morgan fingerprint density at radius 1 is 1.08 bits per heavy atom. The van der Waals surface area contributed by atoms with Crippen molar-refractivity contribution in [3.8, 4) is 5.75 Å². The molecule has 1 aliphatic rings. The normalized spacial score (nSPS) is 14.9. The molecule has 0 atom stereocenters. The second-order valence-electron chi connectivity index (χ2n) is 8.96. The lowest BCUT2D eigenvalue weighted by Gasteiger charge is -2.20. The Bertz CT molecular complexity index is 1580. The summed E-state index contributed by atoms with van der Waals surface area (Å²) in [6.07, 6.45) is 2.59. The number of nitrogens with one attached hydrogen (secondary N) is 1. The monoisotopic (exact) mass is 597 g/mol. The van der Waals surface area contributed by atoms with Crippen molar-refractivity contribution in [1.82, 2.24) is 10.0 Å². The summed E-state index contributed by atoms with van der Waals surface area (Å²) in [6.45, 7) is 2.92. The van der Waals surface area contributed by atoms with Gasteiger partial charge in [0.05, 0.1) is 49.0 Å². The zero-order valence-electron chi connectivity index (χ0n) is 22.0. The Morgan fingerprint density at radius 2 is 1.82 bits per heavy atom. The van der Waals surface area contributed by atoms with Crippen molar-refractivity contribution in [1.29, 1.82) is 0 Å². The van der Waals surface area contributed by atoms with E-state index in [-0.39, 0.29) is 17.9 Å². The van der Waals surface area contributed by atoms with Gasteiger partial charge in [-0.05, 0) is 30.7 Å². The highest BCUT2D eigenvalue weighted by molar-refractivity contribution is 8.03. The van der Waals surface area contributed by atoms with Gasteiger partial charge in [-0.25, -0.2) is 9.13 Å². The number of hydrogen-bond acceptors (Lipinski definition) is 9. The van der Waals surface area contributed by atoms with Gasteiger partial charge < -0.3 is 9.64 Å². The molecule has 1 aromatic heterocycles. The van der Waals surface area contributed by atoms with Gasteiger partial charge in [0.1, 0.15) is 5.75 Å². The fourth-order valence-corrected chi connectivity index (χ4v) is 6.92. The summed E-state index contributed by atoms with van der Waals surface area (Å²) >= 11 is 1.56. The number of ether oxygens (including phenoxy) is 1. The standard InChI is InChI=1S/C25H32N4O7S3/c1-4-26-36-39(33,34)16-8-14-29-22-17-19(35-3)11-12-23(22)37-25(29)18-24-27(2)20-9-5-6-10-21(20)28(24)13-7-15-38(30,31)32/h5-6,9-12,17-18,26H,4,7-8,13-16H2,1-3H3/p+1. The van der Waals surface area contributed by atoms with Crippen molar-refractivity contribution in [2.75, 3.05) is 36.6 Å². The smallest absolute Gasteiger partial charge is 0.284 e. The number of hydrogen-bond donors (Lipinski definition) is 2. The number of aromatic nitrogens is 2. The average Bonchev–Trinajstić information content (AvgIpc) is 3.36. The molecule has 14 heteroatoms. The van der Waals surface area contributed by atoms with Crippen LogP contribution in [0.3, 0.4) is 0 Å². The molecule has 0 radical (unpaired) electrons. The van der Waals surface area contributed by atoms with Gasteiger partial charge in [-0.15, -0.1) is 0 Å². The molecular weight excluding hydrogens is 564 g/mol. The number of aryl methyl sites for hydroxylation is 2. The van der Waals surface area contributed by atoms with Crippen molar-refractivity contribution in [3.63, 3.8) is 0 Å². The number of hydroxylamine groups is 1. The van der Waals surface area contributed by atoms with Crippen LogP contribution in [0.4, 0.5) is 5.69 Å². The topological polar surface area (TPSA) is 131 Å². The highest BCUT2D eigenvalue weighted by Crippen LogP contribution is 2.48. The first-order valence-electron chi connectivity index (χ1n) is 12.4. The van der Waals surface area contributed by atoms with Gasteiger partial charge in [-0.2, -0.15) is 26.6 Å². The maximum absolute atomic E-state index is 12.2. The summed E-state index contributed by atoms with van der Waals surface area (Å²) in [5.74, 6) is 1.03. The molecule has 0 aliphatic carbocycles. The Kier molecular flexibility index (Phi) is 9.24. The van der Waals surface area contributed by atoms with Crippen molar-refractivity contribution < 1.29 is 35.0 Å². The van der Waals surface area contributed by atoms with Crippen molar-refractivity contribution in [2.24, 2.45) is 7.05 Å². The number of para-hydroxylation sites is 2. The number of anilines is 1. The largest absolute Gasteiger partial charge is 0.497 e. The fraction of sp³-hybridized carbons (Fsp3) is 0.400. The third-order valence-corrected chi connectivity index (χ3v) is 9.31. The van der Waals surface area contributed by atoms with Gasteiger partial charge in [-0.3, -0.25) is 4.55 Å². The maximum Gasteiger partial charge on any atom is 0.284 e. The molecule has 212 valence electrons. The van der Waals surface area contributed by atoms with Gasteiger partial charge in [0, 0.05) is 30.5 Å². The van der Waals surface area contributed by atoms with Gasteiger partial charge in [0.2, 0.25) is 0 Å². The molecule has 2 N–H and O–H groups in total. The molecular formula is C25H33N4O7S3+. The SMILES string of the molecule is CCNOS(=O)(=O)CCCN1C(=Cc2n(CCCS(=O)(=O)O)c3ccccc3[n+]2C)Sc2ccc(OC)cc21. The summed E-state index contributed by atoms with van der Waals surface area (Å²) < 4.78 is 70.7. The summed E-state index contributed by atoms with van der Waals surface area (Å²) in [6, 6.07) is 13.6. The second kappa shape index (κ2) is 12.3. The van der Waals surface area contributed by atoms with Crippen molar-refractivity contribution >= 4 is 54.8 Å². The van der Waals surface area contributed by atoms with Crippen LogP contribution in [0.25, 0.3) is 17.1 Å². The lowest BCUT2D eigenvalue weighted by Crippen LogP contribution is -2.32. The van der Waals surface area contributed by atoms with Gasteiger partial charge in [-0.1, -0.05) is 30.8 Å². The molecule has 2 heterocycles. The van der Waals surface area contributed by atoms with E-state index in [2.05, 4.69) is 10.4 Å². The Morgan fingerprint density at radius 3 is 2.54 bits per heavy atom. The molecule has 0 fully saturated rings. The molecule has 1 aliphatic heterocycles. The number of methoxy groups -OCH3 is 1. The highest BCUT2D eigenvalue weighted by Gasteiger charge is 2.29. The Balaban J connectivity index is 1.71. The first kappa shape index (κ1) is 29.4. The van der Waals surface area contributed by atoms with Crippen LogP contribution in [0.15, 0.2) is 52.4 Å². The van der Waals surface area contributed by atoms with E-state index < -0.39 is 20.2 Å². The van der Waals surface area contributed by atoms with Crippen LogP contribution in [-0.4, -0.2) is 57.7 Å². The Hall–Kier alpha value is -2.62. The van der Waals surface area contributed by atoms with Crippen LogP contribution in [0.1, 0.15) is 25.6 Å². The average molecular weight is 598 g/mol. The lowest BCUT2D eigenvalue weighted by atomic mass is 10.2. The Labute approximate surface area is 233 Å². The molecule has 4 rings (SSSR count). The predicted molar refractivity (Wildman–Crippen MR) is 151 cm³/mol. The zero-order valence-corrected chi connectivity index (χ0v) is 24.5. The molecule has 0 bridgehead atoms. The first-order valence-corrected chi connectivity index (χ1v) is 16.4. The van der Waals surface area contributed by atoms with Gasteiger partial charge in [0.25, 0.3) is 26.1 Å². The van der Waals surface area contributed by atoms with E-state index in [0.29, 0.717) is 31.8 Å². The van der Waals surface area contributed by atoms with Crippen LogP contribution in [0, 0.1) is 0 Å². The molecule has 0 amide bonds. The second-order valence-corrected chi connectivity index (χ2v) is 13.3. The van der Waals surface area contributed by atoms with Crippen molar-refractivity contribution in [2.45, 2.75) is 31.2 Å². The van der Waals surface area contributed by atoms with Crippen LogP contribution in [-0.2, 0) is 38.1 Å². The quantitative estimate of drug-likeness (QED) is 0.172. The third-order valence-electron chi connectivity index (χ3n) is 6.23. The first-order chi connectivity index (χ1) is 18.5. The van der Waals surface area contributed by atoms with E-state index in [1.165, 1.54) is 0 Å². The number of thioether (sulfide) groups is 1. The molecule has 2 aromatic carbocycles. The minimum Gasteiger partial charge on any atom is -0.497 e. The molecule has 0 saturated carbocycles. The zero-order chi connectivity index (χ0) is 28.2. The van der Waals surface area contributed by atoms with Crippen LogP contribution in [0.5, 0.6) is 5.75 Å². The number of imidazole rings is 1. The highest BCUT2D eigenvalue weighted by atomic mass is 32.2. The van der Waals surface area contributed by atoms with Crippen LogP contribution in [0.2, 0.25) is 0 Å². The maximum atomic E-state index is 12.2. The number of benzene rings is 2.